The summed E-state index contributed by atoms with van der Waals surface area (Å²) in [6.07, 6.45) is -35.4. The van der Waals surface area contributed by atoms with Crippen LogP contribution in [0.3, 0.4) is 0 Å². The highest BCUT2D eigenvalue weighted by Gasteiger charge is 2.60. The third-order valence-electron chi connectivity index (χ3n) is 11.3. The standard InChI is InChI=1S/C46H65NO30/c1-16-33(65-21(6)52)39(69-25(10)56)41(71-27(12)58)45(64-16)77-42-40(70-26(11)57)36(68-24(9)55)30(15-63-20(5)51)74-46(42)75-37-31(47-17(2)48)44(73-29(14-62-19(4)50)34(37)66-22(7)53)76-38-32(59)43(60)72-28(13-61-18(3)49)35(38)67-23(8)54/h16,28-46,59-60H,13-15H2,1-12H3,(H,47,48)/t16-,28+,29+,30+,31+,32+,33+,34-,35-,36-,37+,38+,39+,40-,41-,42+,43+,44-,45-,46-/m0/s1. The Morgan fingerprint density at radius 2 is 0.688 bits per heavy atom. The summed E-state index contributed by atoms with van der Waals surface area (Å²) in [7, 11) is 0. The summed E-state index contributed by atoms with van der Waals surface area (Å²) < 4.78 is 98.4. The van der Waals surface area contributed by atoms with E-state index in [9.17, 15) is 63.0 Å². The summed E-state index contributed by atoms with van der Waals surface area (Å²) in [5.74, 6) is -10.6. The van der Waals surface area contributed by atoms with Gasteiger partial charge in [-0.2, -0.15) is 0 Å². The Hall–Kier alpha value is -6.19. The van der Waals surface area contributed by atoms with Crippen molar-refractivity contribution in [2.45, 2.75) is 206 Å². The first-order valence-electron chi connectivity index (χ1n) is 23.8. The molecule has 0 radical (unpaired) electrons. The van der Waals surface area contributed by atoms with Gasteiger partial charge in [0.15, 0.2) is 74.0 Å². The van der Waals surface area contributed by atoms with E-state index < -0.39 is 208 Å². The lowest BCUT2D eigenvalue weighted by molar-refractivity contribution is -0.386. The van der Waals surface area contributed by atoms with Gasteiger partial charge in [-0.1, -0.05) is 0 Å². The lowest BCUT2D eigenvalue weighted by Crippen LogP contribution is -2.71. The van der Waals surface area contributed by atoms with E-state index in [1.165, 1.54) is 6.92 Å². The molecule has 4 rings (SSSR count). The third-order valence-corrected chi connectivity index (χ3v) is 11.3. The van der Waals surface area contributed by atoms with Gasteiger partial charge in [-0.3, -0.25) is 52.7 Å². The van der Waals surface area contributed by atoms with Crippen LogP contribution in [0.2, 0.25) is 0 Å². The molecule has 0 bridgehead atoms. The van der Waals surface area contributed by atoms with Crippen molar-refractivity contribution in [3.63, 3.8) is 0 Å². The largest absolute Gasteiger partial charge is 0.463 e. The molecule has 4 saturated heterocycles. The van der Waals surface area contributed by atoms with Gasteiger partial charge in [0.2, 0.25) is 5.91 Å². The molecule has 31 nitrogen and oxygen atoms in total. The normalized spacial score (nSPS) is 34.8. The van der Waals surface area contributed by atoms with Crippen molar-refractivity contribution in [2.75, 3.05) is 19.8 Å². The van der Waals surface area contributed by atoms with E-state index in [0.717, 1.165) is 76.2 Å². The molecule has 0 aromatic heterocycles. The van der Waals surface area contributed by atoms with Gasteiger partial charge in [-0.25, -0.2) is 0 Å². The number of carbonyl (C=O) groups excluding carboxylic acids is 11. The van der Waals surface area contributed by atoms with Gasteiger partial charge in [0.05, 0.1) is 6.10 Å². The molecule has 0 aromatic carbocycles. The molecule has 4 aliphatic rings. The molecule has 0 spiro atoms. The molecule has 0 aromatic rings. The predicted octanol–water partition coefficient (Wildman–Crippen LogP) is -2.87. The lowest BCUT2D eigenvalue weighted by atomic mass is 9.93. The van der Waals surface area contributed by atoms with Crippen molar-refractivity contribution in [1.82, 2.24) is 5.32 Å². The van der Waals surface area contributed by atoms with E-state index in [1.807, 2.05) is 0 Å². The quantitative estimate of drug-likeness (QED) is 0.0815. The van der Waals surface area contributed by atoms with Gasteiger partial charge in [0.1, 0.15) is 62.5 Å². The Morgan fingerprint density at radius 3 is 1.12 bits per heavy atom. The molecule has 31 heteroatoms. The smallest absolute Gasteiger partial charge is 0.303 e. The minimum absolute atomic E-state index is 0.687. The van der Waals surface area contributed by atoms with E-state index in [0.29, 0.717) is 0 Å². The Bertz CT molecular complexity index is 2150. The van der Waals surface area contributed by atoms with Gasteiger partial charge >= 0.3 is 59.7 Å². The molecular weight excluding hydrogens is 1050 g/mol. The molecule has 20 atom stereocenters. The van der Waals surface area contributed by atoms with E-state index in [4.69, 9.17) is 80.5 Å². The van der Waals surface area contributed by atoms with Crippen molar-refractivity contribution in [2.24, 2.45) is 0 Å². The monoisotopic (exact) mass is 1110 g/mol. The fraction of sp³-hybridized carbons (Fsp3) is 0.761. The first-order valence-corrected chi connectivity index (χ1v) is 23.8. The van der Waals surface area contributed by atoms with Crippen LogP contribution in [0.1, 0.15) is 83.1 Å². The number of carbonyl (C=O) groups is 11. The molecule has 4 fully saturated rings. The van der Waals surface area contributed by atoms with Crippen LogP contribution in [0.4, 0.5) is 0 Å². The Kier molecular flexibility index (Phi) is 23.4. The summed E-state index contributed by atoms with van der Waals surface area (Å²) in [5.41, 5.74) is 0. The van der Waals surface area contributed by atoms with Crippen LogP contribution in [0.5, 0.6) is 0 Å². The zero-order chi connectivity index (χ0) is 57.7. The van der Waals surface area contributed by atoms with Crippen LogP contribution in [-0.2, 0) is 133 Å². The molecule has 3 N–H and O–H groups in total. The van der Waals surface area contributed by atoms with E-state index in [-0.39, 0.29) is 0 Å². The molecule has 0 unspecified atom stereocenters. The number of rotatable bonds is 20. The number of hydrogen-bond donors (Lipinski definition) is 3. The zero-order valence-corrected chi connectivity index (χ0v) is 44.0. The van der Waals surface area contributed by atoms with Crippen molar-refractivity contribution in [3.8, 4) is 0 Å². The van der Waals surface area contributed by atoms with Crippen LogP contribution in [0.15, 0.2) is 0 Å². The maximum absolute atomic E-state index is 13.3. The number of nitrogens with one attached hydrogen (secondary N) is 1. The van der Waals surface area contributed by atoms with Gasteiger partial charge in [0.25, 0.3) is 0 Å². The number of ether oxygens (including phenoxy) is 17. The molecule has 4 heterocycles. The first kappa shape index (κ1) is 63.3. The van der Waals surface area contributed by atoms with Gasteiger partial charge < -0.3 is 96.1 Å². The minimum atomic E-state index is -2.20. The fourth-order valence-electron chi connectivity index (χ4n) is 8.64. The number of esters is 10. The highest BCUT2D eigenvalue weighted by molar-refractivity contribution is 5.73. The van der Waals surface area contributed by atoms with Gasteiger partial charge in [0, 0.05) is 76.2 Å². The maximum atomic E-state index is 13.3. The predicted molar refractivity (Wildman–Crippen MR) is 240 cm³/mol. The van der Waals surface area contributed by atoms with Gasteiger partial charge in [-0.15, -0.1) is 0 Å². The number of hydrogen-bond acceptors (Lipinski definition) is 30. The van der Waals surface area contributed by atoms with Crippen LogP contribution in [-0.4, -0.2) is 218 Å². The summed E-state index contributed by atoms with van der Waals surface area (Å²) in [4.78, 5) is 139. The summed E-state index contributed by atoms with van der Waals surface area (Å²) in [5, 5.41) is 24.9. The van der Waals surface area contributed by atoms with Crippen molar-refractivity contribution >= 4 is 65.6 Å². The molecule has 1 amide bonds. The lowest BCUT2D eigenvalue weighted by Gasteiger charge is -2.51. The van der Waals surface area contributed by atoms with E-state index in [1.54, 1.807) is 0 Å². The van der Waals surface area contributed by atoms with Crippen LogP contribution >= 0.6 is 0 Å². The van der Waals surface area contributed by atoms with Crippen molar-refractivity contribution in [3.05, 3.63) is 0 Å². The summed E-state index contributed by atoms with van der Waals surface area (Å²) in [6, 6.07) is -1.88. The molecule has 0 saturated carbocycles. The Balaban J connectivity index is 2.04. The average molecular weight is 1110 g/mol. The van der Waals surface area contributed by atoms with Crippen LogP contribution in [0.25, 0.3) is 0 Å². The summed E-state index contributed by atoms with van der Waals surface area (Å²) in [6.45, 7) is 9.88. The maximum Gasteiger partial charge on any atom is 0.303 e. The number of amides is 1. The summed E-state index contributed by atoms with van der Waals surface area (Å²) >= 11 is 0. The number of aliphatic hydroxyl groups is 2. The van der Waals surface area contributed by atoms with Gasteiger partial charge in [-0.05, 0) is 6.92 Å². The second kappa shape index (κ2) is 28.4. The molecular formula is C46H65NO30. The van der Waals surface area contributed by atoms with Crippen LogP contribution in [0, 0.1) is 0 Å². The van der Waals surface area contributed by atoms with Crippen LogP contribution < -0.4 is 5.32 Å². The van der Waals surface area contributed by atoms with E-state index in [2.05, 4.69) is 5.32 Å². The SMILES string of the molecule is CC(=O)N[C@H]1[C@H](O[C@@H]2[C@@H](O)[C@H](O)O[C@H](COC(C)=O)[C@@H]2OC(C)=O)O[C@H](COC(C)=O)[C@H](OC(C)=O)[C@@H]1O[C@@H]1O[C@H](COC(C)=O)[C@H](OC(C)=O)[C@H](OC(C)=O)[C@H]1O[C@@H]1O[C@@H](C)[C@@H](OC(C)=O)[C@@H](OC(C)=O)[C@@H]1OC(C)=O. The first-order chi connectivity index (χ1) is 36.0. The molecule has 434 valence electrons. The second-order valence-corrected chi connectivity index (χ2v) is 17.8. The third kappa shape index (κ3) is 18.2. The number of aliphatic hydroxyl groups excluding tert-OH is 2. The molecule has 0 aliphatic carbocycles. The highest BCUT2D eigenvalue weighted by atomic mass is 16.8. The topological polar surface area (TPSA) is 397 Å². The molecule has 4 aliphatic heterocycles. The Morgan fingerprint density at radius 1 is 0.364 bits per heavy atom. The van der Waals surface area contributed by atoms with Crippen molar-refractivity contribution in [1.29, 1.82) is 0 Å². The highest BCUT2D eigenvalue weighted by Crippen LogP contribution is 2.39. The molecule has 77 heavy (non-hydrogen) atoms. The Labute approximate surface area is 439 Å². The average Bonchev–Trinajstić information content (AvgIpc) is 3.29. The van der Waals surface area contributed by atoms with E-state index >= 15 is 0 Å². The van der Waals surface area contributed by atoms with Crippen molar-refractivity contribution < 1.29 is 143 Å². The second-order valence-electron chi connectivity index (χ2n) is 17.8. The zero-order valence-electron chi connectivity index (χ0n) is 44.0. The fourth-order valence-corrected chi connectivity index (χ4v) is 8.64. The minimum Gasteiger partial charge on any atom is -0.463 e.